The van der Waals surface area contributed by atoms with Gasteiger partial charge in [-0.3, -0.25) is 14.7 Å². The number of nitro groups is 1. The predicted molar refractivity (Wildman–Crippen MR) is 85.5 cm³/mol. The van der Waals surface area contributed by atoms with Gasteiger partial charge < -0.3 is 4.42 Å². The van der Waals surface area contributed by atoms with Crippen molar-refractivity contribution in [3.05, 3.63) is 53.3 Å². The Balaban J connectivity index is 1.93. The third kappa shape index (κ3) is 3.04. The van der Waals surface area contributed by atoms with Crippen LogP contribution in [0.15, 0.2) is 52.1 Å². The zero-order chi connectivity index (χ0) is 17.1. The van der Waals surface area contributed by atoms with Gasteiger partial charge in [0.15, 0.2) is 16.1 Å². The van der Waals surface area contributed by atoms with Crippen LogP contribution in [0, 0.1) is 17.0 Å². The molecule has 3 heterocycles. The summed E-state index contributed by atoms with van der Waals surface area (Å²) in [6.45, 7) is 6.07. The standard InChI is InChI=1S/C14H12N6O3S/c1-3-5-19-12(11-4-6-23-9(11)2)17-18-14(19)24-13-15-7-10(8-16-13)20(21)22/h3-4,6-8H,1,5H2,2H3. The van der Waals surface area contributed by atoms with Crippen LogP contribution in [0.2, 0.25) is 0 Å². The minimum Gasteiger partial charge on any atom is -0.469 e. The van der Waals surface area contributed by atoms with Crippen molar-refractivity contribution in [2.45, 2.75) is 23.8 Å². The number of allylic oxidation sites excluding steroid dienone is 1. The molecule has 3 aromatic rings. The molecule has 122 valence electrons. The second-order valence-electron chi connectivity index (χ2n) is 4.68. The van der Waals surface area contributed by atoms with Crippen LogP contribution in [0.4, 0.5) is 5.69 Å². The molecule has 0 atom stereocenters. The Morgan fingerprint density at radius 3 is 2.75 bits per heavy atom. The van der Waals surface area contributed by atoms with Crippen molar-refractivity contribution in [1.29, 1.82) is 0 Å². The van der Waals surface area contributed by atoms with Gasteiger partial charge >= 0.3 is 5.69 Å². The molecule has 0 radical (unpaired) electrons. The second-order valence-corrected chi connectivity index (χ2v) is 5.61. The average Bonchev–Trinajstić information content (AvgIpc) is 3.15. The van der Waals surface area contributed by atoms with Gasteiger partial charge in [0.05, 0.1) is 16.7 Å². The Morgan fingerprint density at radius 1 is 1.42 bits per heavy atom. The van der Waals surface area contributed by atoms with Crippen LogP contribution in [0.3, 0.4) is 0 Å². The molecule has 3 aromatic heterocycles. The molecule has 0 aliphatic rings. The van der Waals surface area contributed by atoms with E-state index >= 15 is 0 Å². The van der Waals surface area contributed by atoms with E-state index in [9.17, 15) is 10.1 Å². The van der Waals surface area contributed by atoms with Crippen LogP contribution in [0.1, 0.15) is 5.76 Å². The van der Waals surface area contributed by atoms with Gasteiger partial charge in [-0.2, -0.15) is 0 Å². The summed E-state index contributed by atoms with van der Waals surface area (Å²) in [7, 11) is 0. The Kier molecular flexibility index (Phi) is 4.38. The number of hydrogen-bond acceptors (Lipinski definition) is 8. The highest BCUT2D eigenvalue weighted by Gasteiger charge is 2.18. The minimum absolute atomic E-state index is 0.165. The number of aryl methyl sites for hydroxylation is 1. The van der Waals surface area contributed by atoms with Gasteiger partial charge in [0, 0.05) is 6.54 Å². The third-order valence-electron chi connectivity index (χ3n) is 3.14. The molecule has 0 spiro atoms. The maximum absolute atomic E-state index is 10.6. The van der Waals surface area contributed by atoms with Crippen molar-refractivity contribution in [1.82, 2.24) is 24.7 Å². The van der Waals surface area contributed by atoms with Gasteiger partial charge in [0.2, 0.25) is 0 Å². The molecule has 0 N–H and O–H groups in total. The summed E-state index contributed by atoms with van der Waals surface area (Å²) in [5.41, 5.74) is 0.669. The molecular formula is C14H12N6O3S. The molecule has 24 heavy (non-hydrogen) atoms. The number of nitrogens with zero attached hydrogens (tertiary/aromatic N) is 6. The van der Waals surface area contributed by atoms with Crippen LogP contribution in [0.5, 0.6) is 0 Å². The third-order valence-corrected chi connectivity index (χ3v) is 4.01. The fourth-order valence-corrected chi connectivity index (χ4v) is 2.74. The summed E-state index contributed by atoms with van der Waals surface area (Å²) < 4.78 is 7.16. The van der Waals surface area contributed by atoms with E-state index in [2.05, 4.69) is 26.7 Å². The molecule has 0 amide bonds. The minimum atomic E-state index is -0.547. The lowest BCUT2D eigenvalue weighted by atomic mass is 10.2. The number of rotatable bonds is 6. The molecule has 0 aromatic carbocycles. The molecule has 0 aliphatic carbocycles. The first-order valence-electron chi connectivity index (χ1n) is 6.83. The summed E-state index contributed by atoms with van der Waals surface area (Å²) in [6.07, 6.45) is 5.63. The molecular weight excluding hydrogens is 332 g/mol. The summed E-state index contributed by atoms with van der Waals surface area (Å²) in [6, 6.07) is 1.82. The van der Waals surface area contributed by atoms with E-state index in [4.69, 9.17) is 4.42 Å². The van der Waals surface area contributed by atoms with Crippen molar-refractivity contribution in [3.8, 4) is 11.4 Å². The first-order chi connectivity index (χ1) is 11.6. The van der Waals surface area contributed by atoms with Crippen molar-refractivity contribution in [3.63, 3.8) is 0 Å². The largest absolute Gasteiger partial charge is 0.469 e. The van der Waals surface area contributed by atoms with Gasteiger partial charge in [0.1, 0.15) is 18.2 Å². The fraction of sp³-hybridized carbons (Fsp3) is 0.143. The van der Waals surface area contributed by atoms with Crippen molar-refractivity contribution in [2.24, 2.45) is 0 Å². The Labute approximate surface area is 140 Å². The lowest BCUT2D eigenvalue weighted by Gasteiger charge is -2.06. The van der Waals surface area contributed by atoms with E-state index in [1.165, 1.54) is 0 Å². The molecule has 0 aliphatic heterocycles. The van der Waals surface area contributed by atoms with E-state index in [-0.39, 0.29) is 5.69 Å². The highest BCUT2D eigenvalue weighted by atomic mass is 32.2. The van der Waals surface area contributed by atoms with Crippen LogP contribution in [-0.4, -0.2) is 29.7 Å². The van der Waals surface area contributed by atoms with E-state index in [1.54, 1.807) is 12.3 Å². The molecule has 9 nitrogen and oxygen atoms in total. The lowest BCUT2D eigenvalue weighted by molar-refractivity contribution is -0.385. The Morgan fingerprint density at radius 2 is 2.17 bits per heavy atom. The van der Waals surface area contributed by atoms with Gasteiger partial charge in [0.25, 0.3) is 0 Å². The zero-order valence-electron chi connectivity index (χ0n) is 12.6. The Hall–Kier alpha value is -3.01. The topological polar surface area (TPSA) is 113 Å². The molecule has 10 heteroatoms. The number of furan rings is 1. The fourth-order valence-electron chi connectivity index (χ4n) is 2.01. The van der Waals surface area contributed by atoms with Crippen LogP contribution < -0.4 is 0 Å². The quantitative estimate of drug-likeness (QED) is 0.290. The summed E-state index contributed by atoms with van der Waals surface area (Å²) >= 11 is 1.16. The van der Waals surface area contributed by atoms with Crippen molar-refractivity contribution in [2.75, 3.05) is 0 Å². The van der Waals surface area contributed by atoms with Crippen LogP contribution in [0.25, 0.3) is 11.4 Å². The number of hydrogen-bond donors (Lipinski definition) is 0. The van der Waals surface area contributed by atoms with Gasteiger partial charge in [-0.05, 0) is 24.8 Å². The summed E-state index contributed by atoms with van der Waals surface area (Å²) in [5.74, 6) is 1.38. The smallest absolute Gasteiger partial charge is 0.305 e. The van der Waals surface area contributed by atoms with Crippen molar-refractivity contribution >= 4 is 17.4 Å². The summed E-state index contributed by atoms with van der Waals surface area (Å²) in [5, 5.41) is 19.9. The molecule has 3 rings (SSSR count). The van der Waals surface area contributed by atoms with Crippen molar-refractivity contribution < 1.29 is 9.34 Å². The average molecular weight is 344 g/mol. The van der Waals surface area contributed by atoms with Gasteiger partial charge in [-0.25, -0.2) is 9.97 Å². The normalized spacial score (nSPS) is 10.7. The molecule has 0 bridgehead atoms. The molecule has 0 unspecified atom stereocenters. The first kappa shape index (κ1) is 15.9. The monoisotopic (exact) mass is 344 g/mol. The molecule has 0 saturated heterocycles. The predicted octanol–water partition coefficient (Wildman–Crippen LogP) is 2.88. The summed E-state index contributed by atoms with van der Waals surface area (Å²) in [4.78, 5) is 18.0. The van der Waals surface area contributed by atoms with Crippen LogP contribution >= 0.6 is 11.8 Å². The molecule has 0 fully saturated rings. The van der Waals surface area contributed by atoms with E-state index in [1.807, 2.05) is 17.6 Å². The maximum Gasteiger partial charge on any atom is 0.305 e. The van der Waals surface area contributed by atoms with Gasteiger partial charge in [-0.15, -0.1) is 16.8 Å². The SMILES string of the molecule is C=CCn1c(Sc2ncc([N+](=O)[O-])cn2)nnc1-c1ccoc1C. The van der Waals surface area contributed by atoms with Gasteiger partial charge in [-0.1, -0.05) is 6.08 Å². The molecule has 0 saturated carbocycles. The van der Waals surface area contributed by atoms with E-state index in [0.717, 1.165) is 35.5 Å². The second kappa shape index (κ2) is 6.62. The number of aromatic nitrogens is 5. The maximum atomic E-state index is 10.6. The Bertz CT molecular complexity index is 886. The van der Waals surface area contributed by atoms with Crippen LogP contribution in [-0.2, 0) is 6.54 Å². The highest BCUT2D eigenvalue weighted by Crippen LogP contribution is 2.29. The first-order valence-corrected chi connectivity index (χ1v) is 7.64. The van der Waals surface area contributed by atoms with E-state index in [0.29, 0.717) is 22.7 Å². The van der Waals surface area contributed by atoms with E-state index < -0.39 is 4.92 Å². The highest BCUT2D eigenvalue weighted by molar-refractivity contribution is 7.99. The zero-order valence-corrected chi connectivity index (χ0v) is 13.4. The lowest BCUT2D eigenvalue weighted by Crippen LogP contribution is -2.01.